The Morgan fingerprint density at radius 3 is 2.61 bits per heavy atom. The molecule has 0 spiro atoms. The summed E-state index contributed by atoms with van der Waals surface area (Å²) in [5, 5.41) is 4.22. The molecule has 0 radical (unpaired) electrons. The zero-order valence-electron chi connectivity index (χ0n) is 22.4. The number of rotatable bonds is 1. The molecule has 2 unspecified atom stereocenters. The van der Waals surface area contributed by atoms with Crippen LogP contribution in [0.4, 0.5) is 16.6 Å². The molecule has 9 nitrogen and oxygen atoms in total. The summed E-state index contributed by atoms with van der Waals surface area (Å²) in [6.45, 7) is 11.4. The van der Waals surface area contributed by atoms with Crippen LogP contribution in [0.25, 0.3) is 11.3 Å². The quantitative estimate of drug-likeness (QED) is 0.380. The average Bonchev–Trinajstić information content (AvgIpc) is 2.85. The van der Waals surface area contributed by atoms with Crippen molar-refractivity contribution in [2.75, 3.05) is 29.7 Å². The number of nitrogens with one attached hydrogen (secondary N) is 2. The fraction of sp³-hybridized carbons (Fsp3) is 0.429. The number of nitrogens with zero attached hydrogens (tertiary/aromatic N) is 4. The molecule has 2 atom stereocenters. The van der Waals surface area contributed by atoms with Crippen LogP contribution in [0, 0.1) is 19.8 Å². The first-order valence-electron chi connectivity index (χ1n) is 12.9. The van der Waals surface area contributed by atoms with Gasteiger partial charge in [-0.1, -0.05) is 24.3 Å². The minimum absolute atomic E-state index is 0.139. The van der Waals surface area contributed by atoms with Crippen molar-refractivity contribution in [1.82, 2.24) is 19.9 Å². The molecule has 2 N–H and O–H groups in total. The van der Waals surface area contributed by atoms with Gasteiger partial charge >= 0.3 is 6.09 Å². The molecule has 0 aliphatic carbocycles. The van der Waals surface area contributed by atoms with Gasteiger partial charge in [0.05, 0.1) is 12.2 Å². The highest BCUT2D eigenvalue weighted by Gasteiger charge is 2.34. The van der Waals surface area contributed by atoms with Crippen molar-refractivity contribution < 1.29 is 14.3 Å². The first-order chi connectivity index (χ1) is 18.1. The van der Waals surface area contributed by atoms with Crippen molar-refractivity contribution in [3.8, 4) is 17.1 Å². The van der Waals surface area contributed by atoms with Gasteiger partial charge in [-0.2, -0.15) is 4.98 Å². The summed E-state index contributed by atoms with van der Waals surface area (Å²) >= 11 is 1.35. The molecular weight excluding hydrogens is 500 g/mol. The van der Waals surface area contributed by atoms with Gasteiger partial charge < -0.3 is 19.7 Å². The fourth-order valence-corrected chi connectivity index (χ4v) is 5.40. The molecule has 38 heavy (non-hydrogen) atoms. The monoisotopic (exact) mass is 534 g/mol. The van der Waals surface area contributed by atoms with Crippen molar-refractivity contribution in [3.05, 3.63) is 53.6 Å². The van der Waals surface area contributed by atoms with E-state index < -0.39 is 5.60 Å². The van der Waals surface area contributed by atoms with Gasteiger partial charge in [-0.05, 0) is 70.2 Å². The summed E-state index contributed by atoms with van der Waals surface area (Å²) < 4.78 is 15.4. The number of fused-ring (bicyclic) bond motifs is 6. The molecule has 6 bridgehead atoms. The molecule has 1 aromatic carbocycles. The van der Waals surface area contributed by atoms with Gasteiger partial charge in [-0.15, -0.1) is 0 Å². The van der Waals surface area contributed by atoms with E-state index in [1.165, 1.54) is 11.9 Å². The molecule has 2 aliphatic rings. The lowest BCUT2D eigenvalue weighted by Gasteiger charge is -2.38. The highest BCUT2D eigenvalue weighted by atomic mass is 32.2. The minimum atomic E-state index is -0.578. The van der Waals surface area contributed by atoms with Crippen LogP contribution in [0.1, 0.15) is 38.3 Å². The predicted octanol–water partition coefficient (Wildman–Crippen LogP) is 5.70. The molecule has 2 aromatic heterocycles. The Labute approximate surface area is 227 Å². The summed E-state index contributed by atoms with van der Waals surface area (Å²) in [4.78, 5) is 29.0. The number of amides is 1. The van der Waals surface area contributed by atoms with Crippen LogP contribution < -0.4 is 14.8 Å². The number of carbonyl (C=O) groups is 1. The average molecular weight is 535 g/mol. The molecule has 10 heteroatoms. The van der Waals surface area contributed by atoms with Crippen molar-refractivity contribution >= 4 is 29.8 Å². The summed E-state index contributed by atoms with van der Waals surface area (Å²) in [5.41, 5.74) is 3.50. The second-order valence-corrected chi connectivity index (χ2v) is 11.7. The molecule has 200 valence electrons. The third kappa shape index (κ3) is 6.30. The van der Waals surface area contributed by atoms with Crippen LogP contribution in [0.15, 0.2) is 47.5 Å². The van der Waals surface area contributed by atoms with E-state index in [2.05, 4.69) is 41.0 Å². The van der Waals surface area contributed by atoms with E-state index in [1.807, 2.05) is 51.1 Å². The third-order valence-corrected chi connectivity index (χ3v) is 7.14. The van der Waals surface area contributed by atoms with Gasteiger partial charge in [0.15, 0.2) is 0 Å². The fourth-order valence-electron chi connectivity index (χ4n) is 4.83. The maximum absolute atomic E-state index is 13.0. The number of aromatic nitrogens is 3. The van der Waals surface area contributed by atoms with Crippen LogP contribution >= 0.6 is 11.9 Å². The van der Waals surface area contributed by atoms with Crippen LogP contribution in [-0.4, -0.2) is 57.3 Å². The Balaban J connectivity index is 1.52. The topological polar surface area (TPSA) is 102 Å². The van der Waals surface area contributed by atoms with Gasteiger partial charge in [0, 0.05) is 36.7 Å². The summed E-state index contributed by atoms with van der Waals surface area (Å²) in [6.07, 6.45) is 0.160. The van der Waals surface area contributed by atoms with E-state index in [4.69, 9.17) is 19.4 Å². The second kappa shape index (κ2) is 10.7. The van der Waals surface area contributed by atoms with E-state index in [0.717, 1.165) is 39.6 Å². The molecule has 4 heterocycles. The number of benzene rings is 1. The number of pyridine rings is 1. The van der Waals surface area contributed by atoms with Crippen LogP contribution in [-0.2, 0) is 4.74 Å². The van der Waals surface area contributed by atoms with Crippen molar-refractivity contribution in [2.24, 2.45) is 5.92 Å². The van der Waals surface area contributed by atoms with E-state index in [-0.39, 0.29) is 18.1 Å². The highest BCUT2D eigenvalue weighted by Crippen LogP contribution is 2.32. The number of carbonyl (C=O) groups excluding carboxylic acids is 1. The molecule has 2 aliphatic heterocycles. The third-order valence-electron chi connectivity index (χ3n) is 6.42. The zero-order valence-corrected chi connectivity index (χ0v) is 23.3. The molecular formula is C28H34N6O3S. The lowest BCUT2D eigenvalue weighted by Crippen LogP contribution is -2.51. The number of hydrogen-bond acceptors (Lipinski definition) is 9. The molecule has 0 saturated carbocycles. The van der Waals surface area contributed by atoms with E-state index in [0.29, 0.717) is 31.5 Å². The van der Waals surface area contributed by atoms with E-state index in [1.54, 1.807) is 4.90 Å². The second-order valence-electron chi connectivity index (χ2n) is 10.9. The lowest BCUT2D eigenvalue weighted by atomic mass is 9.96. The van der Waals surface area contributed by atoms with Crippen LogP contribution in [0.2, 0.25) is 0 Å². The Bertz CT molecular complexity index is 1310. The number of hydrogen-bond donors (Lipinski definition) is 2. The van der Waals surface area contributed by atoms with Crippen molar-refractivity contribution in [3.63, 3.8) is 0 Å². The number of likely N-dealkylation sites (tertiary alicyclic amines) is 1. The maximum atomic E-state index is 13.0. The molecule has 1 amide bonds. The van der Waals surface area contributed by atoms with Crippen LogP contribution in [0.3, 0.4) is 0 Å². The SMILES string of the molecule is Cc1cccc(C)c1-c1cc2nc(n1)NSc1cccc(n1)NCC1CC(CN(C(=O)OC(C)(C)C)C1)O2. The molecule has 5 rings (SSSR count). The van der Waals surface area contributed by atoms with Gasteiger partial charge in [-0.3, -0.25) is 4.72 Å². The van der Waals surface area contributed by atoms with Gasteiger partial charge in [0.2, 0.25) is 11.8 Å². The first-order valence-corrected chi connectivity index (χ1v) is 13.7. The van der Waals surface area contributed by atoms with Crippen molar-refractivity contribution in [1.29, 1.82) is 0 Å². The summed E-state index contributed by atoms with van der Waals surface area (Å²) in [5.74, 6) is 1.80. The largest absolute Gasteiger partial charge is 0.472 e. The van der Waals surface area contributed by atoms with E-state index in [9.17, 15) is 4.79 Å². The summed E-state index contributed by atoms with van der Waals surface area (Å²) in [7, 11) is 0. The highest BCUT2D eigenvalue weighted by molar-refractivity contribution is 8.00. The molecule has 1 fully saturated rings. The van der Waals surface area contributed by atoms with Gasteiger partial charge in [0.25, 0.3) is 0 Å². The number of piperidine rings is 1. The maximum Gasteiger partial charge on any atom is 0.410 e. The van der Waals surface area contributed by atoms with Crippen LogP contribution in [0.5, 0.6) is 5.88 Å². The Morgan fingerprint density at radius 1 is 1.08 bits per heavy atom. The Kier molecular flexibility index (Phi) is 7.34. The number of ether oxygens (including phenoxy) is 2. The minimum Gasteiger partial charge on any atom is -0.472 e. The predicted molar refractivity (Wildman–Crippen MR) is 149 cm³/mol. The Morgan fingerprint density at radius 2 is 1.84 bits per heavy atom. The molecule has 3 aromatic rings. The zero-order chi connectivity index (χ0) is 26.9. The van der Waals surface area contributed by atoms with Gasteiger partial charge in [-0.25, -0.2) is 14.8 Å². The first kappa shape index (κ1) is 26.1. The number of aryl methyl sites for hydroxylation is 2. The standard InChI is InChI=1S/C28H34N6O3S/c1-17-8-6-9-18(2)25(17)21-13-23-32-26(30-21)33-38-24-11-7-10-22(31-24)29-14-19-12-20(36-23)16-34(15-19)27(35)37-28(3,4)5/h6-11,13,19-20H,12,14-16H2,1-5H3,(H,29,31)(H,30,32,33). The lowest BCUT2D eigenvalue weighted by molar-refractivity contribution is -0.00169. The van der Waals surface area contributed by atoms with Gasteiger partial charge in [0.1, 0.15) is 22.5 Å². The molecule has 1 saturated heterocycles. The number of anilines is 2. The Hall–Kier alpha value is -3.53. The van der Waals surface area contributed by atoms with Crippen molar-refractivity contribution in [2.45, 2.75) is 57.8 Å². The smallest absolute Gasteiger partial charge is 0.410 e. The normalized spacial score (nSPS) is 19.3. The summed E-state index contributed by atoms with van der Waals surface area (Å²) in [6, 6.07) is 13.9. The van der Waals surface area contributed by atoms with E-state index >= 15 is 0 Å².